The molecule has 0 spiro atoms. The largest absolute Gasteiger partial charge is 0.398 e. The number of hydrogen-bond donors (Lipinski definition) is 1. The molecule has 106 valence electrons. The Bertz CT molecular complexity index is 674. The van der Waals surface area contributed by atoms with Gasteiger partial charge in [0.05, 0.1) is 11.6 Å². The Morgan fingerprint density at radius 1 is 1.24 bits per heavy atom. The first-order valence-corrected chi connectivity index (χ1v) is 6.68. The highest BCUT2D eigenvalue weighted by molar-refractivity contribution is 5.99. The summed E-state index contributed by atoms with van der Waals surface area (Å²) in [5.74, 6) is -0.221. The fraction of sp³-hybridized carbons (Fsp3) is 0.176. The summed E-state index contributed by atoms with van der Waals surface area (Å²) in [6.45, 7) is 2.32. The molecule has 1 amide bonds. The fourth-order valence-electron chi connectivity index (χ4n) is 2.11. The molecular weight excluding hydrogens is 262 g/mol. The molecule has 0 heterocycles. The molecule has 0 aliphatic heterocycles. The molecule has 0 fully saturated rings. The van der Waals surface area contributed by atoms with Gasteiger partial charge in [-0.3, -0.25) is 4.79 Å². The van der Waals surface area contributed by atoms with E-state index in [0.29, 0.717) is 17.8 Å². The summed E-state index contributed by atoms with van der Waals surface area (Å²) in [6.07, 6.45) is 0. The van der Waals surface area contributed by atoms with Crippen molar-refractivity contribution in [2.45, 2.75) is 13.5 Å². The molecule has 0 aliphatic rings. The molecule has 21 heavy (non-hydrogen) atoms. The van der Waals surface area contributed by atoms with Crippen LogP contribution in [-0.2, 0) is 6.54 Å². The van der Waals surface area contributed by atoms with Gasteiger partial charge in [-0.25, -0.2) is 0 Å². The monoisotopic (exact) mass is 279 g/mol. The zero-order chi connectivity index (χ0) is 15.2. The summed E-state index contributed by atoms with van der Waals surface area (Å²) < 4.78 is 0. The summed E-state index contributed by atoms with van der Waals surface area (Å²) in [6, 6.07) is 17.0. The third-order valence-corrected chi connectivity index (χ3v) is 3.20. The van der Waals surface area contributed by atoms with E-state index in [1.54, 1.807) is 12.1 Å². The maximum Gasteiger partial charge on any atom is 0.257 e. The average molecular weight is 279 g/mol. The van der Waals surface area contributed by atoms with Gasteiger partial charge in [-0.2, -0.15) is 5.26 Å². The third-order valence-electron chi connectivity index (χ3n) is 3.20. The Balaban J connectivity index is 2.27. The van der Waals surface area contributed by atoms with Gasteiger partial charge in [0.15, 0.2) is 0 Å². The van der Waals surface area contributed by atoms with E-state index < -0.39 is 0 Å². The maximum absolute atomic E-state index is 12.6. The van der Waals surface area contributed by atoms with Gasteiger partial charge in [-0.05, 0) is 24.6 Å². The number of anilines is 1. The van der Waals surface area contributed by atoms with E-state index in [1.165, 1.54) is 4.90 Å². The molecule has 0 unspecified atom stereocenters. The minimum absolute atomic E-state index is 0.0289. The number of nitrogen functional groups attached to an aromatic ring is 1. The highest BCUT2D eigenvalue weighted by Crippen LogP contribution is 2.17. The molecule has 0 aromatic heterocycles. The molecule has 2 aromatic carbocycles. The fourth-order valence-corrected chi connectivity index (χ4v) is 2.11. The lowest BCUT2D eigenvalue weighted by molar-refractivity contribution is 0.0766. The van der Waals surface area contributed by atoms with Crippen molar-refractivity contribution in [2.24, 2.45) is 0 Å². The highest BCUT2D eigenvalue weighted by atomic mass is 16.2. The number of aryl methyl sites for hydroxylation is 1. The van der Waals surface area contributed by atoms with Crippen molar-refractivity contribution in [3.63, 3.8) is 0 Å². The van der Waals surface area contributed by atoms with Gasteiger partial charge in [0, 0.05) is 12.2 Å². The molecule has 2 rings (SSSR count). The Morgan fingerprint density at radius 3 is 2.62 bits per heavy atom. The Kier molecular flexibility index (Phi) is 4.57. The Morgan fingerprint density at radius 2 is 1.95 bits per heavy atom. The number of carbonyl (C=O) groups excluding carboxylic acids is 1. The summed E-state index contributed by atoms with van der Waals surface area (Å²) in [5.41, 5.74) is 8.71. The van der Waals surface area contributed by atoms with Gasteiger partial charge in [-0.15, -0.1) is 0 Å². The smallest absolute Gasteiger partial charge is 0.257 e. The Labute approximate surface area is 124 Å². The quantitative estimate of drug-likeness (QED) is 0.691. The number of hydrogen-bond acceptors (Lipinski definition) is 3. The van der Waals surface area contributed by atoms with Crippen molar-refractivity contribution in [2.75, 3.05) is 12.3 Å². The zero-order valence-corrected chi connectivity index (χ0v) is 11.9. The molecule has 4 heteroatoms. The number of nitriles is 1. The lowest BCUT2D eigenvalue weighted by atomic mass is 10.1. The van der Waals surface area contributed by atoms with Crippen molar-refractivity contribution < 1.29 is 4.79 Å². The number of amides is 1. The molecule has 0 bridgehead atoms. The van der Waals surface area contributed by atoms with Gasteiger partial charge in [0.2, 0.25) is 0 Å². The summed E-state index contributed by atoms with van der Waals surface area (Å²) in [7, 11) is 0. The SMILES string of the molecule is Cc1ccc(N)c(C(=O)N(CC#N)Cc2ccccc2)c1. The first kappa shape index (κ1) is 14.6. The van der Waals surface area contributed by atoms with Gasteiger partial charge >= 0.3 is 0 Å². The number of carbonyl (C=O) groups is 1. The van der Waals surface area contributed by atoms with Crippen LogP contribution in [0.4, 0.5) is 5.69 Å². The summed E-state index contributed by atoms with van der Waals surface area (Å²) in [5, 5.41) is 8.96. The maximum atomic E-state index is 12.6. The standard InChI is InChI=1S/C17H17N3O/c1-13-7-8-16(19)15(11-13)17(21)20(10-9-18)12-14-5-3-2-4-6-14/h2-8,11H,10,12,19H2,1H3. The van der Waals surface area contributed by atoms with Gasteiger partial charge in [-0.1, -0.05) is 42.0 Å². The normalized spacial score (nSPS) is 9.90. The van der Waals surface area contributed by atoms with E-state index in [9.17, 15) is 4.79 Å². The number of nitrogens with zero attached hydrogens (tertiary/aromatic N) is 2. The van der Waals surface area contributed by atoms with Gasteiger partial charge < -0.3 is 10.6 Å². The zero-order valence-electron chi connectivity index (χ0n) is 11.9. The molecule has 0 atom stereocenters. The Hall–Kier alpha value is -2.80. The molecule has 0 saturated carbocycles. The van der Waals surface area contributed by atoms with Crippen molar-refractivity contribution >= 4 is 11.6 Å². The topological polar surface area (TPSA) is 70.1 Å². The van der Waals surface area contributed by atoms with Crippen LogP contribution in [0.5, 0.6) is 0 Å². The molecule has 4 nitrogen and oxygen atoms in total. The van der Waals surface area contributed by atoms with Crippen molar-refractivity contribution in [3.05, 3.63) is 65.2 Å². The second kappa shape index (κ2) is 6.58. The number of rotatable bonds is 4. The van der Waals surface area contributed by atoms with E-state index in [2.05, 4.69) is 0 Å². The molecule has 2 aromatic rings. The van der Waals surface area contributed by atoms with E-state index in [1.807, 2.05) is 49.4 Å². The summed E-state index contributed by atoms with van der Waals surface area (Å²) in [4.78, 5) is 14.1. The van der Waals surface area contributed by atoms with Crippen molar-refractivity contribution in [1.29, 1.82) is 5.26 Å². The van der Waals surface area contributed by atoms with Crippen LogP contribution >= 0.6 is 0 Å². The lowest BCUT2D eigenvalue weighted by Gasteiger charge is -2.21. The van der Waals surface area contributed by atoms with E-state index >= 15 is 0 Å². The summed E-state index contributed by atoms with van der Waals surface area (Å²) >= 11 is 0. The van der Waals surface area contributed by atoms with E-state index in [4.69, 9.17) is 11.0 Å². The van der Waals surface area contributed by atoms with Crippen LogP contribution in [0.25, 0.3) is 0 Å². The molecule has 2 N–H and O–H groups in total. The predicted molar refractivity (Wildman–Crippen MR) is 82.4 cm³/mol. The van der Waals surface area contributed by atoms with Crippen molar-refractivity contribution in [1.82, 2.24) is 4.90 Å². The lowest BCUT2D eigenvalue weighted by Crippen LogP contribution is -2.31. The van der Waals surface area contributed by atoms with Crippen LogP contribution in [-0.4, -0.2) is 17.4 Å². The highest BCUT2D eigenvalue weighted by Gasteiger charge is 2.18. The minimum atomic E-state index is -0.221. The van der Waals surface area contributed by atoms with Crippen LogP contribution in [0, 0.1) is 18.3 Å². The van der Waals surface area contributed by atoms with Crippen LogP contribution < -0.4 is 5.73 Å². The van der Waals surface area contributed by atoms with E-state index in [-0.39, 0.29) is 12.5 Å². The molecule has 0 saturated heterocycles. The van der Waals surface area contributed by atoms with Crippen molar-refractivity contribution in [3.8, 4) is 6.07 Å². The predicted octanol–water partition coefficient (Wildman–Crippen LogP) is 2.74. The van der Waals surface area contributed by atoms with Gasteiger partial charge in [0.1, 0.15) is 6.54 Å². The third kappa shape index (κ3) is 3.61. The molecule has 0 radical (unpaired) electrons. The number of nitrogens with two attached hydrogens (primary N) is 1. The van der Waals surface area contributed by atoms with E-state index in [0.717, 1.165) is 11.1 Å². The first-order chi connectivity index (χ1) is 10.1. The average Bonchev–Trinajstić information content (AvgIpc) is 2.49. The first-order valence-electron chi connectivity index (χ1n) is 6.68. The second-order valence-corrected chi connectivity index (χ2v) is 4.90. The van der Waals surface area contributed by atoms with Crippen LogP contribution in [0.15, 0.2) is 48.5 Å². The minimum Gasteiger partial charge on any atom is -0.398 e. The number of benzene rings is 2. The molecular formula is C17H17N3O. The van der Waals surface area contributed by atoms with Crippen LogP contribution in [0.3, 0.4) is 0 Å². The van der Waals surface area contributed by atoms with Gasteiger partial charge in [0.25, 0.3) is 5.91 Å². The second-order valence-electron chi connectivity index (χ2n) is 4.90. The molecule has 0 aliphatic carbocycles. The van der Waals surface area contributed by atoms with Crippen LogP contribution in [0.1, 0.15) is 21.5 Å². The van der Waals surface area contributed by atoms with Crippen LogP contribution in [0.2, 0.25) is 0 Å².